The van der Waals surface area contributed by atoms with Crippen LogP contribution in [-0.4, -0.2) is 6.29 Å². The zero-order chi connectivity index (χ0) is 13.1. The molecule has 0 heterocycles. The van der Waals surface area contributed by atoms with Crippen molar-refractivity contribution in [3.8, 4) is 11.5 Å². The summed E-state index contributed by atoms with van der Waals surface area (Å²) in [6, 6.07) is 6.05. The van der Waals surface area contributed by atoms with Gasteiger partial charge in [-0.25, -0.2) is 13.2 Å². The van der Waals surface area contributed by atoms with Gasteiger partial charge in [0.1, 0.15) is 23.7 Å². The highest BCUT2D eigenvalue weighted by Crippen LogP contribution is 2.26. The van der Waals surface area contributed by atoms with Crippen molar-refractivity contribution in [1.29, 1.82) is 0 Å². The lowest BCUT2D eigenvalue weighted by Gasteiger charge is -2.07. The molecule has 0 aromatic heterocycles. The first kappa shape index (κ1) is 12.2. The highest BCUT2D eigenvalue weighted by molar-refractivity contribution is 5.75. The normalized spacial score (nSPS) is 10.2. The van der Waals surface area contributed by atoms with Gasteiger partial charge in [0.05, 0.1) is 0 Å². The van der Waals surface area contributed by atoms with Gasteiger partial charge in [-0.2, -0.15) is 0 Å². The topological polar surface area (TPSA) is 26.3 Å². The van der Waals surface area contributed by atoms with Gasteiger partial charge in [0, 0.05) is 23.8 Å². The summed E-state index contributed by atoms with van der Waals surface area (Å²) < 4.78 is 44.2. The number of rotatable bonds is 3. The Kier molecular flexibility index (Phi) is 3.32. The van der Waals surface area contributed by atoms with Gasteiger partial charge in [0.2, 0.25) is 0 Å². The average molecular weight is 252 g/mol. The molecule has 0 fully saturated rings. The maximum absolute atomic E-state index is 13.5. The molecule has 0 N–H and O–H groups in total. The third-order valence-electron chi connectivity index (χ3n) is 2.16. The van der Waals surface area contributed by atoms with E-state index in [0.717, 1.165) is 18.2 Å². The highest BCUT2D eigenvalue weighted by Gasteiger charge is 2.08. The summed E-state index contributed by atoms with van der Waals surface area (Å²) in [6.45, 7) is 0. The van der Waals surface area contributed by atoms with Crippen LogP contribution in [0.4, 0.5) is 13.2 Å². The van der Waals surface area contributed by atoms with Crippen LogP contribution in [-0.2, 0) is 0 Å². The number of halogens is 3. The lowest BCUT2D eigenvalue weighted by Crippen LogP contribution is -1.92. The van der Waals surface area contributed by atoms with E-state index in [-0.39, 0.29) is 17.1 Å². The van der Waals surface area contributed by atoms with E-state index in [1.807, 2.05) is 0 Å². The molecule has 5 heteroatoms. The summed E-state index contributed by atoms with van der Waals surface area (Å²) in [4.78, 5) is 10.4. The molecule has 0 saturated heterocycles. The van der Waals surface area contributed by atoms with Crippen molar-refractivity contribution in [2.45, 2.75) is 0 Å². The Labute approximate surface area is 101 Å². The van der Waals surface area contributed by atoms with E-state index in [4.69, 9.17) is 4.74 Å². The molecule has 0 aliphatic carbocycles. The molecule has 0 atom stereocenters. The summed E-state index contributed by atoms with van der Waals surface area (Å²) in [5.41, 5.74) is 0.144. The fourth-order valence-corrected chi connectivity index (χ4v) is 1.39. The first-order chi connectivity index (χ1) is 8.58. The molecule has 18 heavy (non-hydrogen) atoms. The van der Waals surface area contributed by atoms with E-state index < -0.39 is 17.5 Å². The number of ether oxygens (including phenoxy) is 1. The van der Waals surface area contributed by atoms with Crippen LogP contribution in [0, 0.1) is 17.5 Å². The van der Waals surface area contributed by atoms with E-state index in [1.54, 1.807) is 0 Å². The Bertz CT molecular complexity index is 577. The van der Waals surface area contributed by atoms with Crippen LogP contribution < -0.4 is 4.74 Å². The smallest absolute Gasteiger partial charge is 0.166 e. The lowest BCUT2D eigenvalue weighted by atomic mass is 10.2. The van der Waals surface area contributed by atoms with Gasteiger partial charge in [0.25, 0.3) is 0 Å². The van der Waals surface area contributed by atoms with E-state index in [0.29, 0.717) is 12.4 Å². The second-order valence-corrected chi connectivity index (χ2v) is 3.51. The van der Waals surface area contributed by atoms with E-state index in [9.17, 15) is 18.0 Å². The van der Waals surface area contributed by atoms with Gasteiger partial charge in [-0.15, -0.1) is 0 Å². The van der Waals surface area contributed by atoms with Gasteiger partial charge in [-0.05, 0) is 18.2 Å². The van der Waals surface area contributed by atoms with Crippen LogP contribution in [0.15, 0.2) is 36.4 Å². The summed E-state index contributed by atoms with van der Waals surface area (Å²) in [6.07, 6.45) is 0.481. The molecular formula is C13H7F3O2. The van der Waals surface area contributed by atoms with Crippen molar-refractivity contribution in [3.63, 3.8) is 0 Å². The third kappa shape index (κ3) is 2.68. The SMILES string of the molecule is O=Cc1ccc(Oc2cc(F)cc(F)c2)c(F)c1. The zero-order valence-electron chi connectivity index (χ0n) is 8.99. The third-order valence-corrected chi connectivity index (χ3v) is 2.16. The van der Waals surface area contributed by atoms with Gasteiger partial charge in [-0.1, -0.05) is 0 Å². The molecule has 2 aromatic carbocycles. The number of carbonyl (C=O) groups excluding carboxylic acids is 1. The summed E-state index contributed by atoms with van der Waals surface area (Å²) in [5.74, 6) is -2.81. The second kappa shape index (κ2) is 4.91. The number of benzene rings is 2. The molecule has 92 valence electrons. The highest BCUT2D eigenvalue weighted by atomic mass is 19.1. The fraction of sp³-hybridized carbons (Fsp3) is 0. The van der Waals surface area contributed by atoms with Crippen molar-refractivity contribution >= 4 is 6.29 Å². The fourth-order valence-electron chi connectivity index (χ4n) is 1.39. The summed E-state index contributed by atoms with van der Waals surface area (Å²) in [5, 5.41) is 0. The molecule has 2 rings (SSSR count). The van der Waals surface area contributed by atoms with Gasteiger partial charge in [-0.3, -0.25) is 4.79 Å². The molecule has 0 aliphatic heterocycles. The molecule has 2 aromatic rings. The Morgan fingerprint density at radius 1 is 0.944 bits per heavy atom. The Hall–Kier alpha value is -2.30. The number of carbonyl (C=O) groups is 1. The number of hydrogen-bond donors (Lipinski definition) is 0. The molecule has 0 radical (unpaired) electrons. The predicted octanol–water partition coefficient (Wildman–Crippen LogP) is 3.71. The van der Waals surface area contributed by atoms with E-state index in [1.165, 1.54) is 12.1 Å². The Morgan fingerprint density at radius 2 is 1.61 bits per heavy atom. The van der Waals surface area contributed by atoms with E-state index >= 15 is 0 Å². The molecule has 0 spiro atoms. The van der Waals surface area contributed by atoms with E-state index in [2.05, 4.69) is 0 Å². The van der Waals surface area contributed by atoms with Crippen LogP contribution >= 0.6 is 0 Å². The van der Waals surface area contributed by atoms with Gasteiger partial charge in [0.15, 0.2) is 11.6 Å². The van der Waals surface area contributed by atoms with Crippen LogP contribution in [0.25, 0.3) is 0 Å². The van der Waals surface area contributed by atoms with Crippen LogP contribution in [0.2, 0.25) is 0 Å². The zero-order valence-corrected chi connectivity index (χ0v) is 8.99. The van der Waals surface area contributed by atoms with Crippen molar-refractivity contribution in [2.24, 2.45) is 0 Å². The predicted molar refractivity (Wildman–Crippen MR) is 58.2 cm³/mol. The maximum atomic E-state index is 13.5. The molecule has 0 unspecified atom stereocenters. The minimum absolute atomic E-state index is 0.144. The van der Waals surface area contributed by atoms with Crippen molar-refractivity contribution in [2.75, 3.05) is 0 Å². The lowest BCUT2D eigenvalue weighted by molar-refractivity contribution is 0.112. The van der Waals surface area contributed by atoms with Crippen molar-refractivity contribution in [3.05, 3.63) is 59.4 Å². The molecule has 0 aliphatic rings. The molecule has 0 bridgehead atoms. The molecule has 0 amide bonds. The first-order valence-corrected chi connectivity index (χ1v) is 4.97. The van der Waals surface area contributed by atoms with Crippen LogP contribution in [0.3, 0.4) is 0 Å². The standard InChI is InChI=1S/C13H7F3O2/c14-9-4-10(15)6-11(5-9)18-13-2-1-8(7-17)3-12(13)16/h1-7H. The second-order valence-electron chi connectivity index (χ2n) is 3.51. The first-order valence-electron chi connectivity index (χ1n) is 4.97. The average Bonchev–Trinajstić information content (AvgIpc) is 2.30. The number of aldehydes is 1. The van der Waals surface area contributed by atoms with Crippen molar-refractivity contribution < 1.29 is 22.7 Å². The van der Waals surface area contributed by atoms with Crippen molar-refractivity contribution in [1.82, 2.24) is 0 Å². The largest absolute Gasteiger partial charge is 0.454 e. The monoisotopic (exact) mass is 252 g/mol. The van der Waals surface area contributed by atoms with Gasteiger partial charge >= 0.3 is 0 Å². The minimum Gasteiger partial charge on any atom is -0.454 e. The quantitative estimate of drug-likeness (QED) is 0.778. The molecular weight excluding hydrogens is 245 g/mol. The number of hydrogen-bond acceptors (Lipinski definition) is 2. The minimum atomic E-state index is -0.824. The van der Waals surface area contributed by atoms with Crippen LogP contribution in [0.1, 0.15) is 10.4 Å². The van der Waals surface area contributed by atoms with Crippen LogP contribution in [0.5, 0.6) is 11.5 Å². The molecule has 2 nitrogen and oxygen atoms in total. The summed E-state index contributed by atoms with van der Waals surface area (Å²) >= 11 is 0. The Balaban J connectivity index is 2.31. The van der Waals surface area contributed by atoms with Gasteiger partial charge < -0.3 is 4.74 Å². The molecule has 0 saturated carbocycles. The summed E-state index contributed by atoms with van der Waals surface area (Å²) in [7, 11) is 0. The Morgan fingerprint density at radius 3 is 2.17 bits per heavy atom. The maximum Gasteiger partial charge on any atom is 0.166 e.